The number of nitrogens with zero attached hydrogens (tertiary/aromatic N) is 2. The Balaban J connectivity index is 2.95. The summed E-state index contributed by atoms with van der Waals surface area (Å²) in [5.41, 5.74) is -0.654. The van der Waals surface area contributed by atoms with Crippen LogP contribution in [0.15, 0.2) is 24.3 Å². The minimum absolute atomic E-state index is 0.00864. The van der Waals surface area contributed by atoms with Crippen LogP contribution in [0, 0.1) is 10.1 Å². The molecule has 1 rings (SSSR count). The summed E-state index contributed by atoms with van der Waals surface area (Å²) in [6.07, 6.45) is 4.09. The molecule has 1 amide bonds. The molecule has 6 heteroatoms. The predicted molar refractivity (Wildman–Crippen MR) is 94.0 cm³/mol. The molecule has 0 radical (unpaired) electrons. The zero-order chi connectivity index (χ0) is 18.3. The van der Waals surface area contributed by atoms with Gasteiger partial charge in [0.2, 0.25) is 0 Å². The third-order valence-corrected chi connectivity index (χ3v) is 3.90. The van der Waals surface area contributed by atoms with Gasteiger partial charge in [0.1, 0.15) is 0 Å². The standard InChI is InChI=1S/C18H28N2O4/c1-5-6-7-8-14(2)19(13-18(3,4)22)17(21)15-9-11-16(12-10-15)20(23)24/h9-12,14,22H,5-8,13H2,1-4H3/t14-/m0/s1. The first-order chi connectivity index (χ1) is 11.2. The van der Waals surface area contributed by atoms with Gasteiger partial charge in [0.15, 0.2) is 0 Å². The second-order valence-corrected chi connectivity index (χ2v) is 6.89. The maximum absolute atomic E-state index is 12.8. The lowest BCUT2D eigenvalue weighted by Gasteiger charge is -2.34. The molecule has 0 aliphatic carbocycles. The number of unbranched alkanes of at least 4 members (excludes halogenated alkanes) is 2. The maximum atomic E-state index is 12.8. The van der Waals surface area contributed by atoms with Crippen molar-refractivity contribution in [3.05, 3.63) is 39.9 Å². The van der Waals surface area contributed by atoms with Gasteiger partial charge >= 0.3 is 0 Å². The molecule has 6 nitrogen and oxygen atoms in total. The van der Waals surface area contributed by atoms with Crippen molar-refractivity contribution in [2.45, 2.75) is 65.0 Å². The molecule has 0 aromatic heterocycles. The second kappa shape index (κ2) is 8.78. The van der Waals surface area contributed by atoms with Crippen molar-refractivity contribution in [3.8, 4) is 0 Å². The molecule has 1 aromatic carbocycles. The molecule has 24 heavy (non-hydrogen) atoms. The number of carbonyl (C=O) groups excluding carboxylic acids is 1. The number of benzene rings is 1. The summed E-state index contributed by atoms with van der Waals surface area (Å²) in [7, 11) is 0. The van der Waals surface area contributed by atoms with Crippen LogP contribution in [0.4, 0.5) is 5.69 Å². The quantitative estimate of drug-likeness (QED) is 0.422. The monoisotopic (exact) mass is 336 g/mol. The summed E-state index contributed by atoms with van der Waals surface area (Å²) >= 11 is 0. The van der Waals surface area contributed by atoms with Crippen LogP contribution in [0.3, 0.4) is 0 Å². The van der Waals surface area contributed by atoms with Crippen LogP contribution in [-0.4, -0.2) is 39.0 Å². The molecule has 0 bridgehead atoms. The molecule has 0 saturated heterocycles. The number of hydrogen-bond donors (Lipinski definition) is 1. The van der Waals surface area contributed by atoms with Crippen molar-refractivity contribution >= 4 is 11.6 Å². The van der Waals surface area contributed by atoms with Crippen molar-refractivity contribution in [1.29, 1.82) is 0 Å². The number of nitro groups is 1. The average molecular weight is 336 g/mol. The molecule has 0 heterocycles. The van der Waals surface area contributed by atoms with Crippen molar-refractivity contribution in [3.63, 3.8) is 0 Å². The van der Waals surface area contributed by atoms with Gasteiger partial charge in [-0.1, -0.05) is 26.2 Å². The minimum Gasteiger partial charge on any atom is -0.389 e. The number of non-ortho nitro benzene ring substituents is 1. The van der Waals surface area contributed by atoms with E-state index in [2.05, 4.69) is 6.92 Å². The van der Waals surface area contributed by atoms with Crippen LogP contribution in [0.1, 0.15) is 63.7 Å². The van der Waals surface area contributed by atoms with Crippen LogP contribution in [0.5, 0.6) is 0 Å². The molecule has 0 aliphatic rings. The van der Waals surface area contributed by atoms with Gasteiger partial charge in [-0.3, -0.25) is 14.9 Å². The Morgan fingerprint density at radius 3 is 2.33 bits per heavy atom. The highest BCUT2D eigenvalue weighted by molar-refractivity contribution is 5.94. The highest BCUT2D eigenvalue weighted by atomic mass is 16.6. The molecule has 1 N–H and O–H groups in total. The van der Waals surface area contributed by atoms with E-state index in [1.807, 2.05) is 6.92 Å². The van der Waals surface area contributed by atoms with Crippen LogP contribution < -0.4 is 0 Å². The Morgan fingerprint density at radius 1 is 1.29 bits per heavy atom. The molecular weight excluding hydrogens is 308 g/mol. The van der Waals surface area contributed by atoms with E-state index in [9.17, 15) is 20.0 Å². The Kier molecular flexibility index (Phi) is 7.35. The van der Waals surface area contributed by atoms with E-state index in [0.717, 1.165) is 25.7 Å². The molecule has 134 valence electrons. The summed E-state index contributed by atoms with van der Waals surface area (Å²) < 4.78 is 0. The van der Waals surface area contributed by atoms with E-state index in [1.165, 1.54) is 24.3 Å². The lowest BCUT2D eigenvalue weighted by atomic mass is 10.0. The highest BCUT2D eigenvalue weighted by Gasteiger charge is 2.27. The topological polar surface area (TPSA) is 83.7 Å². The Bertz CT molecular complexity index is 549. The number of hydrogen-bond acceptors (Lipinski definition) is 4. The first kappa shape index (κ1) is 20.1. The van der Waals surface area contributed by atoms with E-state index in [4.69, 9.17) is 0 Å². The van der Waals surface area contributed by atoms with Gasteiger partial charge in [-0.2, -0.15) is 0 Å². The zero-order valence-corrected chi connectivity index (χ0v) is 15.0. The maximum Gasteiger partial charge on any atom is 0.269 e. The fourth-order valence-electron chi connectivity index (χ4n) is 2.58. The van der Waals surface area contributed by atoms with E-state index in [0.29, 0.717) is 5.56 Å². The minimum atomic E-state index is -1.00. The highest BCUT2D eigenvalue weighted by Crippen LogP contribution is 2.19. The first-order valence-corrected chi connectivity index (χ1v) is 8.43. The summed E-state index contributed by atoms with van der Waals surface area (Å²) in [4.78, 5) is 24.7. The smallest absolute Gasteiger partial charge is 0.269 e. The largest absolute Gasteiger partial charge is 0.389 e. The molecule has 1 atom stereocenters. The van der Waals surface area contributed by atoms with Gasteiger partial charge in [0.25, 0.3) is 11.6 Å². The van der Waals surface area contributed by atoms with Crippen LogP contribution in [0.2, 0.25) is 0 Å². The lowest BCUT2D eigenvalue weighted by Crippen LogP contribution is -2.46. The lowest BCUT2D eigenvalue weighted by molar-refractivity contribution is -0.384. The Labute approximate surface area is 143 Å². The van der Waals surface area contributed by atoms with Gasteiger partial charge in [0, 0.05) is 30.3 Å². The molecule has 1 aromatic rings. The van der Waals surface area contributed by atoms with Crippen molar-refractivity contribution in [2.75, 3.05) is 6.54 Å². The van der Waals surface area contributed by atoms with Crippen molar-refractivity contribution < 1.29 is 14.8 Å². The van der Waals surface area contributed by atoms with Crippen molar-refractivity contribution in [2.24, 2.45) is 0 Å². The number of rotatable bonds is 9. The van der Waals surface area contributed by atoms with E-state index in [1.54, 1.807) is 18.7 Å². The number of amides is 1. The number of nitro benzene ring substituents is 1. The molecule has 0 unspecified atom stereocenters. The summed E-state index contributed by atoms with van der Waals surface area (Å²) in [6, 6.07) is 5.59. The fourth-order valence-corrected chi connectivity index (χ4v) is 2.58. The normalized spacial score (nSPS) is 12.7. The SMILES string of the molecule is CCCCC[C@H](C)N(CC(C)(C)O)C(=O)c1ccc([N+](=O)[O-])cc1. The van der Waals surface area contributed by atoms with Crippen LogP contribution >= 0.6 is 0 Å². The fraction of sp³-hybridized carbons (Fsp3) is 0.611. The Hall–Kier alpha value is -1.95. The summed E-state index contributed by atoms with van der Waals surface area (Å²) in [6.45, 7) is 7.66. The number of aliphatic hydroxyl groups is 1. The first-order valence-electron chi connectivity index (χ1n) is 8.43. The zero-order valence-electron chi connectivity index (χ0n) is 15.0. The molecular formula is C18H28N2O4. The molecule has 0 spiro atoms. The molecule has 0 aliphatic heterocycles. The van der Waals surface area contributed by atoms with Gasteiger partial charge < -0.3 is 10.0 Å². The van der Waals surface area contributed by atoms with E-state index in [-0.39, 0.29) is 24.2 Å². The predicted octanol–water partition coefficient (Wildman–Crippen LogP) is 3.78. The third-order valence-electron chi connectivity index (χ3n) is 3.90. The third kappa shape index (κ3) is 6.28. The molecule has 0 saturated carbocycles. The summed E-state index contributed by atoms with van der Waals surface area (Å²) in [5.74, 6) is -0.212. The number of carbonyl (C=O) groups is 1. The summed E-state index contributed by atoms with van der Waals surface area (Å²) in [5, 5.41) is 20.9. The van der Waals surface area contributed by atoms with Gasteiger partial charge in [-0.15, -0.1) is 0 Å². The van der Waals surface area contributed by atoms with Gasteiger partial charge in [-0.25, -0.2) is 0 Å². The van der Waals surface area contributed by atoms with E-state index >= 15 is 0 Å². The van der Waals surface area contributed by atoms with Crippen LogP contribution in [0.25, 0.3) is 0 Å². The Morgan fingerprint density at radius 2 is 1.88 bits per heavy atom. The average Bonchev–Trinajstić information content (AvgIpc) is 2.51. The van der Waals surface area contributed by atoms with Gasteiger partial charge in [0.05, 0.1) is 10.5 Å². The van der Waals surface area contributed by atoms with Crippen LogP contribution in [-0.2, 0) is 0 Å². The van der Waals surface area contributed by atoms with Crippen molar-refractivity contribution in [1.82, 2.24) is 4.90 Å². The second-order valence-electron chi connectivity index (χ2n) is 6.89. The van der Waals surface area contributed by atoms with Gasteiger partial charge in [-0.05, 0) is 39.3 Å². The van der Waals surface area contributed by atoms with E-state index < -0.39 is 10.5 Å². The molecule has 0 fully saturated rings.